The molecule has 1 aliphatic heterocycles. The van der Waals surface area contributed by atoms with Gasteiger partial charge >= 0.3 is 0 Å². The summed E-state index contributed by atoms with van der Waals surface area (Å²) in [6, 6.07) is 2.88. The van der Waals surface area contributed by atoms with Crippen LogP contribution in [0.5, 0.6) is 0 Å². The summed E-state index contributed by atoms with van der Waals surface area (Å²) in [4.78, 5) is 0. The van der Waals surface area contributed by atoms with E-state index in [0.29, 0.717) is 0 Å². The van der Waals surface area contributed by atoms with Crippen molar-refractivity contribution in [3.63, 3.8) is 0 Å². The normalized spacial score (nSPS) is 27.4. The van der Waals surface area contributed by atoms with Gasteiger partial charge in [0.2, 0.25) is 0 Å². The molecule has 0 radical (unpaired) electrons. The average molecular weight is 243 g/mol. The van der Waals surface area contributed by atoms with E-state index in [9.17, 15) is 0 Å². The fraction of sp³-hybridized carbons (Fsp3) is 1.00. The van der Waals surface area contributed by atoms with Crippen LogP contribution in [0.15, 0.2) is 0 Å². The summed E-state index contributed by atoms with van der Waals surface area (Å²) >= 11 is 0. The highest BCUT2D eigenvalue weighted by molar-refractivity contribution is 6.86. The predicted octanol–water partition coefficient (Wildman–Crippen LogP) is 4.52. The topological polar surface area (TPSA) is 9.23 Å². The summed E-state index contributed by atoms with van der Waals surface area (Å²) in [5, 5.41) is 0. The molecule has 0 amide bonds. The van der Waals surface area contributed by atoms with Crippen molar-refractivity contribution >= 4 is 16.6 Å². The van der Waals surface area contributed by atoms with Crippen LogP contribution in [0.25, 0.3) is 0 Å². The van der Waals surface area contributed by atoms with E-state index < -0.39 is 16.6 Å². The Hall–Kier alpha value is 0.394. The third-order valence-electron chi connectivity index (χ3n) is 4.51. The lowest BCUT2D eigenvalue weighted by Gasteiger charge is -2.37. The molecule has 0 aromatic heterocycles. The first kappa shape index (κ1) is 11.9. The third kappa shape index (κ3) is 2.74. The molecule has 0 bridgehead atoms. The predicted molar refractivity (Wildman–Crippen MR) is 71.3 cm³/mol. The molecule has 1 nitrogen and oxygen atoms in total. The van der Waals surface area contributed by atoms with Crippen molar-refractivity contribution in [1.82, 2.24) is 0 Å². The second-order valence-corrected chi connectivity index (χ2v) is 15.1. The largest absolute Gasteiger partial charge is 0.455 e. The first-order valence-corrected chi connectivity index (χ1v) is 12.5. The van der Waals surface area contributed by atoms with Crippen LogP contribution in [0.3, 0.4) is 0 Å². The van der Waals surface area contributed by atoms with Crippen LogP contribution in [-0.2, 0) is 4.12 Å². The Bertz CT molecular complexity index is 216. The van der Waals surface area contributed by atoms with E-state index in [-0.39, 0.29) is 0 Å². The fourth-order valence-electron chi connectivity index (χ4n) is 3.56. The van der Waals surface area contributed by atoms with Gasteiger partial charge in [-0.05, 0) is 37.3 Å². The van der Waals surface area contributed by atoms with Gasteiger partial charge in [0, 0.05) is 0 Å². The van der Waals surface area contributed by atoms with E-state index >= 15 is 0 Å². The number of hydrogen-bond acceptors (Lipinski definition) is 1. The molecule has 0 aromatic rings. The summed E-state index contributed by atoms with van der Waals surface area (Å²) in [6.07, 6.45) is 8.73. The minimum Gasteiger partial charge on any atom is -0.455 e. The van der Waals surface area contributed by atoms with E-state index in [0.717, 1.165) is 5.54 Å². The van der Waals surface area contributed by atoms with Gasteiger partial charge in [0.05, 0.1) is 0 Å². The quantitative estimate of drug-likeness (QED) is 0.661. The van der Waals surface area contributed by atoms with Gasteiger partial charge in [-0.2, -0.15) is 0 Å². The van der Waals surface area contributed by atoms with Crippen molar-refractivity contribution in [2.45, 2.75) is 75.8 Å². The zero-order valence-corrected chi connectivity index (χ0v) is 12.6. The lowest BCUT2D eigenvalue weighted by Crippen LogP contribution is -2.47. The SMILES string of the molecule is C[Si]1(O[Si](C)(C)C2CCCC2)CCCC1. The minimum atomic E-state index is -1.35. The summed E-state index contributed by atoms with van der Waals surface area (Å²) in [5.74, 6) is 0. The maximum atomic E-state index is 6.75. The summed E-state index contributed by atoms with van der Waals surface area (Å²) in [6.45, 7) is 7.46. The van der Waals surface area contributed by atoms with Gasteiger partial charge in [-0.1, -0.05) is 38.5 Å². The lowest BCUT2D eigenvalue weighted by molar-refractivity contribution is 0.513. The molecule has 0 unspecified atom stereocenters. The van der Waals surface area contributed by atoms with Crippen molar-refractivity contribution in [1.29, 1.82) is 0 Å². The first-order chi connectivity index (χ1) is 7.02. The first-order valence-electron chi connectivity index (χ1n) is 6.72. The van der Waals surface area contributed by atoms with Crippen molar-refractivity contribution in [2.24, 2.45) is 0 Å². The van der Waals surface area contributed by atoms with Crippen LogP contribution in [0.1, 0.15) is 38.5 Å². The molecule has 3 heteroatoms. The number of rotatable bonds is 3. The molecular formula is C12H26OSi2. The van der Waals surface area contributed by atoms with Crippen molar-refractivity contribution in [3.8, 4) is 0 Å². The van der Waals surface area contributed by atoms with Crippen molar-refractivity contribution in [3.05, 3.63) is 0 Å². The molecule has 0 aromatic carbocycles. The second kappa shape index (κ2) is 4.34. The van der Waals surface area contributed by atoms with Gasteiger partial charge in [0.25, 0.3) is 0 Å². The van der Waals surface area contributed by atoms with Gasteiger partial charge in [-0.3, -0.25) is 0 Å². The molecular weight excluding hydrogens is 216 g/mol. The second-order valence-electron chi connectivity index (χ2n) is 6.34. The van der Waals surface area contributed by atoms with Gasteiger partial charge in [-0.25, -0.2) is 0 Å². The molecule has 15 heavy (non-hydrogen) atoms. The van der Waals surface area contributed by atoms with Crippen LogP contribution in [-0.4, -0.2) is 16.6 Å². The fourth-order valence-corrected chi connectivity index (χ4v) is 14.2. The molecule has 2 fully saturated rings. The maximum absolute atomic E-state index is 6.75. The molecule has 0 N–H and O–H groups in total. The minimum absolute atomic E-state index is 0.974. The van der Waals surface area contributed by atoms with Crippen LogP contribution in [0.2, 0.25) is 37.3 Å². The Morgan fingerprint density at radius 1 is 1.00 bits per heavy atom. The standard InChI is InChI=1S/C12H26OSi2/c1-14(2,12-8-4-5-9-12)13-15(3)10-6-7-11-15/h12H,4-11H2,1-3H3. The summed E-state index contributed by atoms with van der Waals surface area (Å²) in [7, 11) is -2.57. The van der Waals surface area contributed by atoms with E-state index in [1.165, 1.54) is 50.6 Å². The van der Waals surface area contributed by atoms with E-state index in [4.69, 9.17) is 4.12 Å². The number of hydrogen-bond donors (Lipinski definition) is 0. The summed E-state index contributed by atoms with van der Waals surface area (Å²) in [5.41, 5.74) is 0.974. The van der Waals surface area contributed by atoms with Crippen molar-refractivity contribution < 1.29 is 4.12 Å². The average Bonchev–Trinajstić information content (AvgIpc) is 2.73. The highest BCUT2D eigenvalue weighted by Crippen LogP contribution is 2.42. The Balaban J connectivity index is 1.96. The highest BCUT2D eigenvalue weighted by atomic mass is 28.4. The zero-order chi connectivity index (χ0) is 10.9. The molecule has 0 atom stereocenters. The zero-order valence-electron chi connectivity index (χ0n) is 10.6. The van der Waals surface area contributed by atoms with Gasteiger partial charge in [-0.15, -0.1) is 0 Å². The van der Waals surface area contributed by atoms with Crippen LogP contribution in [0, 0.1) is 0 Å². The molecule has 2 rings (SSSR count). The van der Waals surface area contributed by atoms with Crippen LogP contribution >= 0.6 is 0 Å². The van der Waals surface area contributed by atoms with Crippen molar-refractivity contribution in [2.75, 3.05) is 0 Å². The van der Waals surface area contributed by atoms with E-state index in [1.807, 2.05) is 0 Å². The van der Waals surface area contributed by atoms with Gasteiger partial charge in [0.15, 0.2) is 16.6 Å². The van der Waals surface area contributed by atoms with Gasteiger partial charge in [0.1, 0.15) is 0 Å². The Morgan fingerprint density at radius 2 is 1.53 bits per heavy atom. The lowest BCUT2D eigenvalue weighted by atomic mass is 10.4. The Morgan fingerprint density at radius 3 is 2.07 bits per heavy atom. The molecule has 2 aliphatic rings. The van der Waals surface area contributed by atoms with Crippen LogP contribution in [0.4, 0.5) is 0 Å². The maximum Gasteiger partial charge on any atom is 0.176 e. The van der Waals surface area contributed by atoms with E-state index in [1.54, 1.807) is 0 Å². The molecule has 0 spiro atoms. The van der Waals surface area contributed by atoms with Gasteiger partial charge < -0.3 is 4.12 Å². The molecule has 1 saturated carbocycles. The van der Waals surface area contributed by atoms with E-state index in [2.05, 4.69) is 19.6 Å². The smallest absolute Gasteiger partial charge is 0.176 e. The Labute approximate surface area is 96.9 Å². The molecule has 1 aliphatic carbocycles. The summed E-state index contributed by atoms with van der Waals surface area (Å²) < 4.78 is 6.75. The molecule has 1 heterocycles. The monoisotopic (exact) mass is 242 g/mol. The van der Waals surface area contributed by atoms with Crippen LogP contribution < -0.4 is 0 Å². The molecule has 1 saturated heterocycles. The Kier molecular flexibility index (Phi) is 3.43. The molecule has 88 valence electrons. The third-order valence-corrected chi connectivity index (χ3v) is 14.0. The highest BCUT2D eigenvalue weighted by Gasteiger charge is 2.43.